The Morgan fingerprint density at radius 3 is 2.43 bits per heavy atom. The summed E-state index contributed by atoms with van der Waals surface area (Å²) < 4.78 is 41.9. The number of benzene rings is 1. The molecule has 3 aromatic heterocycles. The van der Waals surface area contributed by atoms with E-state index in [9.17, 15) is 13.2 Å². The standard InChI is InChI=1S/C25H26F3N7/c1-33(16-17-7-11-29-15-21(17)25(26,27)28)18-9-13-35(14-10-18)24-20-6-4-3-5-19(20)23(31-32-24)22-8-12-30-34(22)2/h3-8,11-12,15,18H,9-10,13-14,16H2,1-2H3. The fourth-order valence-electron chi connectivity index (χ4n) is 4.85. The molecule has 10 heteroatoms. The minimum atomic E-state index is -4.41. The van der Waals surface area contributed by atoms with E-state index < -0.39 is 11.7 Å². The van der Waals surface area contributed by atoms with E-state index in [-0.39, 0.29) is 18.2 Å². The van der Waals surface area contributed by atoms with Crippen LogP contribution in [0.25, 0.3) is 22.2 Å². The molecule has 0 amide bonds. The highest BCUT2D eigenvalue weighted by Gasteiger charge is 2.34. The van der Waals surface area contributed by atoms with Gasteiger partial charge in [-0.15, -0.1) is 10.2 Å². The summed E-state index contributed by atoms with van der Waals surface area (Å²) in [6.45, 7) is 1.73. The second-order valence-electron chi connectivity index (χ2n) is 8.92. The highest BCUT2D eigenvalue weighted by molar-refractivity contribution is 5.99. The van der Waals surface area contributed by atoms with Crippen LogP contribution < -0.4 is 4.90 Å². The zero-order valence-corrected chi connectivity index (χ0v) is 19.6. The summed E-state index contributed by atoms with van der Waals surface area (Å²) in [7, 11) is 3.77. The first kappa shape index (κ1) is 23.2. The molecule has 0 unspecified atom stereocenters. The van der Waals surface area contributed by atoms with Crippen molar-refractivity contribution in [3.05, 3.63) is 66.1 Å². The van der Waals surface area contributed by atoms with Gasteiger partial charge in [0.1, 0.15) is 5.69 Å². The molecule has 7 nitrogen and oxygen atoms in total. The Balaban J connectivity index is 1.33. The highest BCUT2D eigenvalue weighted by atomic mass is 19.4. The summed E-state index contributed by atoms with van der Waals surface area (Å²) in [5, 5.41) is 15.4. The molecule has 5 rings (SSSR count). The van der Waals surface area contributed by atoms with Crippen LogP contribution in [0.15, 0.2) is 55.0 Å². The van der Waals surface area contributed by atoms with Crippen LogP contribution in [0.4, 0.5) is 19.0 Å². The predicted octanol–water partition coefficient (Wildman–Crippen LogP) is 4.54. The first-order chi connectivity index (χ1) is 16.8. The lowest BCUT2D eigenvalue weighted by atomic mass is 10.0. The number of anilines is 1. The number of hydrogen-bond acceptors (Lipinski definition) is 6. The zero-order chi connectivity index (χ0) is 24.6. The quantitative estimate of drug-likeness (QED) is 0.417. The third-order valence-corrected chi connectivity index (χ3v) is 6.76. The molecule has 1 saturated heterocycles. The van der Waals surface area contributed by atoms with Gasteiger partial charge in [0.15, 0.2) is 5.82 Å². The van der Waals surface area contributed by atoms with E-state index in [0.29, 0.717) is 0 Å². The van der Waals surface area contributed by atoms with E-state index in [1.54, 1.807) is 10.9 Å². The maximum absolute atomic E-state index is 13.4. The van der Waals surface area contributed by atoms with Gasteiger partial charge in [-0.25, -0.2) is 0 Å². The van der Waals surface area contributed by atoms with Crippen molar-refractivity contribution < 1.29 is 13.2 Å². The van der Waals surface area contributed by atoms with Gasteiger partial charge in [0, 0.05) is 62.1 Å². The number of rotatable bonds is 5. The van der Waals surface area contributed by atoms with Gasteiger partial charge in [-0.1, -0.05) is 24.3 Å². The maximum atomic E-state index is 13.4. The van der Waals surface area contributed by atoms with Gasteiger partial charge in [-0.05, 0) is 37.6 Å². The molecular weight excluding hydrogens is 455 g/mol. The number of aryl methyl sites for hydroxylation is 1. The average Bonchev–Trinajstić information content (AvgIpc) is 3.28. The van der Waals surface area contributed by atoms with E-state index in [1.165, 1.54) is 12.3 Å². The van der Waals surface area contributed by atoms with Gasteiger partial charge in [-0.3, -0.25) is 14.6 Å². The smallest absolute Gasteiger partial charge is 0.354 e. The van der Waals surface area contributed by atoms with Crippen LogP contribution in [0.5, 0.6) is 0 Å². The van der Waals surface area contributed by atoms with E-state index >= 15 is 0 Å². The predicted molar refractivity (Wildman–Crippen MR) is 128 cm³/mol. The third kappa shape index (κ3) is 4.58. The molecule has 1 aromatic carbocycles. The molecule has 0 saturated carbocycles. The summed E-state index contributed by atoms with van der Waals surface area (Å²) in [5.41, 5.74) is 1.27. The van der Waals surface area contributed by atoms with Gasteiger partial charge in [-0.2, -0.15) is 18.3 Å². The topological polar surface area (TPSA) is 63.0 Å². The number of pyridine rings is 1. The molecule has 0 bridgehead atoms. The van der Waals surface area contributed by atoms with Crippen molar-refractivity contribution in [3.8, 4) is 11.4 Å². The zero-order valence-electron chi connectivity index (χ0n) is 19.6. The van der Waals surface area contributed by atoms with Crippen LogP contribution in [0.1, 0.15) is 24.0 Å². The third-order valence-electron chi connectivity index (χ3n) is 6.76. The van der Waals surface area contributed by atoms with E-state index in [2.05, 4.69) is 31.2 Å². The number of halogens is 3. The summed E-state index contributed by atoms with van der Waals surface area (Å²) in [5.74, 6) is 0.834. The molecule has 35 heavy (non-hydrogen) atoms. The molecule has 0 atom stereocenters. The second-order valence-corrected chi connectivity index (χ2v) is 8.92. The monoisotopic (exact) mass is 481 g/mol. The Labute approximate surface area is 201 Å². The molecule has 0 spiro atoms. The summed E-state index contributed by atoms with van der Waals surface area (Å²) >= 11 is 0. The first-order valence-electron chi connectivity index (χ1n) is 11.5. The van der Waals surface area contributed by atoms with Crippen LogP contribution in [0.3, 0.4) is 0 Å². The van der Waals surface area contributed by atoms with Gasteiger partial charge in [0.05, 0.1) is 11.3 Å². The first-order valence-corrected chi connectivity index (χ1v) is 11.5. The molecule has 4 heterocycles. The van der Waals surface area contributed by atoms with Gasteiger partial charge in [0.25, 0.3) is 0 Å². The molecular formula is C25H26F3N7. The number of fused-ring (bicyclic) bond motifs is 1. The molecule has 182 valence electrons. The normalized spacial score (nSPS) is 15.3. The molecule has 1 fully saturated rings. The molecule has 0 N–H and O–H groups in total. The van der Waals surface area contributed by atoms with Crippen molar-refractivity contribution in [1.29, 1.82) is 0 Å². The van der Waals surface area contributed by atoms with Crippen molar-refractivity contribution in [2.75, 3.05) is 25.0 Å². The van der Waals surface area contributed by atoms with Crippen LogP contribution in [0.2, 0.25) is 0 Å². The van der Waals surface area contributed by atoms with E-state index in [4.69, 9.17) is 0 Å². The molecule has 1 aliphatic heterocycles. The van der Waals surface area contributed by atoms with Crippen molar-refractivity contribution in [3.63, 3.8) is 0 Å². The number of aromatic nitrogens is 5. The van der Waals surface area contributed by atoms with E-state index in [0.717, 1.165) is 60.1 Å². The van der Waals surface area contributed by atoms with Crippen LogP contribution in [-0.4, -0.2) is 56.0 Å². The van der Waals surface area contributed by atoms with Gasteiger partial charge < -0.3 is 4.90 Å². The van der Waals surface area contributed by atoms with Crippen molar-refractivity contribution in [2.45, 2.75) is 31.6 Å². The minimum absolute atomic E-state index is 0.174. The van der Waals surface area contributed by atoms with Gasteiger partial charge >= 0.3 is 6.18 Å². The molecule has 1 aliphatic rings. The van der Waals surface area contributed by atoms with Crippen molar-refractivity contribution >= 4 is 16.6 Å². The Hall–Kier alpha value is -3.53. The number of nitrogens with zero attached hydrogens (tertiary/aromatic N) is 7. The number of alkyl halides is 3. The second kappa shape index (κ2) is 9.26. The summed E-state index contributed by atoms with van der Waals surface area (Å²) in [6, 6.07) is 11.6. The average molecular weight is 482 g/mol. The fourth-order valence-corrected chi connectivity index (χ4v) is 4.85. The Bertz CT molecular complexity index is 1330. The fraction of sp³-hybridized carbons (Fsp3) is 0.360. The maximum Gasteiger partial charge on any atom is 0.418 e. The Kier molecular flexibility index (Phi) is 6.14. The van der Waals surface area contributed by atoms with Crippen molar-refractivity contribution in [1.82, 2.24) is 29.9 Å². The lowest BCUT2D eigenvalue weighted by Crippen LogP contribution is -2.43. The van der Waals surface area contributed by atoms with Crippen molar-refractivity contribution in [2.24, 2.45) is 7.05 Å². The van der Waals surface area contributed by atoms with Crippen LogP contribution in [0, 0.1) is 0 Å². The van der Waals surface area contributed by atoms with Crippen LogP contribution in [-0.2, 0) is 19.8 Å². The SMILES string of the molecule is CN(Cc1ccncc1C(F)(F)F)C1CCN(c2nnc(-c3ccnn3C)c3ccccc23)CC1. The number of piperidine rings is 1. The Morgan fingerprint density at radius 2 is 1.74 bits per heavy atom. The summed E-state index contributed by atoms with van der Waals surface area (Å²) in [6.07, 6.45) is 1.30. The van der Waals surface area contributed by atoms with Gasteiger partial charge in [0.2, 0.25) is 0 Å². The van der Waals surface area contributed by atoms with Crippen LogP contribution >= 0.6 is 0 Å². The lowest BCUT2D eigenvalue weighted by Gasteiger charge is -2.37. The van der Waals surface area contributed by atoms with E-state index in [1.807, 2.05) is 43.3 Å². The number of hydrogen-bond donors (Lipinski definition) is 0. The lowest BCUT2D eigenvalue weighted by molar-refractivity contribution is -0.138. The molecule has 4 aromatic rings. The highest BCUT2D eigenvalue weighted by Crippen LogP contribution is 2.34. The minimum Gasteiger partial charge on any atom is -0.354 e. The largest absolute Gasteiger partial charge is 0.418 e. The Morgan fingerprint density at radius 1 is 1.00 bits per heavy atom. The molecule has 0 aliphatic carbocycles. The summed E-state index contributed by atoms with van der Waals surface area (Å²) in [4.78, 5) is 7.90. The molecule has 0 radical (unpaired) electrons.